The van der Waals surface area contributed by atoms with Crippen molar-refractivity contribution >= 4 is 23.2 Å². The Morgan fingerprint density at radius 3 is 2.41 bits per heavy atom. The summed E-state index contributed by atoms with van der Waals surface area (Å²) in [5, 5.41) is 19.6. The van der Waals surface area contributed by atoms with E-state index in [1.807, 2.05) is 0 Å². The molecule has 168 valence electrons. The van der Waals surface area contributed by atoms with Gasteiger partial charge in [-0.1, -0.05) is 12.1 Å². The molecule has 0 spiro atoms. The monoisotopic (exact) mass is 442 g/mol. The third kappa shape index (κ3) is 4.37. The highest BCUT2D eigenvalue weighted by Crippen LogP contribution is 2.23. The van der Waals surface area contributed by atoms with Crippen LogP contribution in [0.25, 0.3) is 17.2 Å². The predicted octanol–water partition coefficient (Wildman–Crippen LogP) is 0.385. The fourth-order valence-corrected chi connectivity index (χ4v) is 2.99. The van der Waals surface area contributed by atoms with E-state index >= 15 is 0 Å². The van der Waals surface area contributed by atoms with Crippen LogP contribution in [0.2, 0.25) is 0 Å². The maximum absolute atomic E-state index is 12.7. The van der Waals surface area contributed by atoms with Gasteiger partial charge in [-0.2, -0.15) is 0 Å². The summed E-state index contributed by atoms with van der Waals surface area (Å²) in [5.74, 6) is -0.980. The standard InChI is InChI=1S/C21H22N4O7/c1-11(26)17(32-20(29)15(31-4)9-12-5-7-13(27)8-6-12)14-10-22-18-16(23-14)19(28)25(3)21(30)24(18)2/h5-11,17,26-27H,1-4H3/b15-9-/t11-,17+/m0/s1. The smallest absolute Gasteiger partial charge is 0.374 e. The van der Waals surface area contributed by atoms with Gasteiger partial charge in [0, 0.05) is 14.1 Å². The number of hydrogen-bond donors (Lipinski definition) is 2. The van der Waals surface area contributed by atoms with E-state index in [1.165, 1.54) is 57.1 Å². The van der Waals surface area contributed by atoms with E-state index in [0.29, 0.717) is 5.56 Å². The molecule has 0 radical (unpaired) electrons. The van der Waals surface area contributed by atoms with E-state index in [0.717, 1.165) is 4.57 Å². The Bertz CT molecular complexity index is 1310. The number of carbonyl (C=O) groups excluding carboxylic acids is 1. The van der Waals surface area contributed by atoms with Gasteiger partial charge in [-0.15, -0.1) is 0 Å². The molecule has 0 fully saturated rings. The lowest BCUT2D eigenvalue weighted by atomic mass is 10.1. The van der Waals surface area contributed by atoms with Crippen molar-refractivity contribution in [2.24, 2.45) is 14.1 Å². The van der Waals surface area contributed by atoms with Gasteiger partial charge in [-0.05, 0) is 30.7 Å². The maximum Gasteiger partial charge on any atom is 0.374 e. The first-order valence-corrected chi connectivity index (χ1v) is 9.50. The molecule has 0 unspecified atom stereocenters. The molecule has 11 heteroatoms. The van der Waals surface area contributed by atoms with Crippen LogP contribution < -0.4 is 11.2 Å². The molecule has 0 bridgehead atoms. The second kappa shape index (κ2) is 9.02. The van der Waals surface area contributed by atoms with Crippen molar-refractivity contribution in [3.05, 3.63) is 68.3 Å². The van der Waals surface area contributed by atoms with E-state index in [1.54, 1.807) is 12.1 Å². The van der Waals surface area contributed by atoms with Crippen molar-refractivity contribution in [2.75, 3.05) is 7.11 Å². The number of phenols is 1. The van der Waals surface area contributed by atoms with Crippen molar-refractivity contribution in [3.63, 3.8) is 0 Å². The van der Waals surface area contributed by atoms with Crippen LogP contribution in [0.4, 0.5) is 0 Å². The Labute approximate surface area is 181 Å². The second-order valence-corrected chi connectivity index (χ2v) is 7.04. The number of ether oxygens (including phenoxy) is 2. The summed E-state index contributed by atoms with van der Waals surface area (Å²) in [5.41, 5.74) is -0.690. The molecule has 0 amide bonds. The minimum absolute atomic E-state index is 0.0247. The number of esters is 1. The molecule has 0 aliphatic carbocycles. The number of methoxy groups -OCH3 is 1. The molecule has 2 atom stereocenters. The van der Waals surface area contributed by atoms with Crippen LogP contribution in [0.15, 0.2) is 45.8 Å². The van der Waals surface area contributed by atoms with Crippen LogP contribution >= 0.6 is 0 Å². The van der Waals surface area contributed by atoms with E-state index in [9.17, 15) is 24.6 Å². The van der Waals surface area contributed by atoms with E-state index in [4.69, 9.17) is 9.47 Å². The Hall–Kier alpha value is -3.99. The van der Waals surface area contributed by atoms with Gasteiger partial charge in [0.25, 0.3) is 5.56 Å². The highest BCUT2D eigenvalue weighted by atomic mass is 16.6. The Morgan fingerprint density at radius 2 is 1.81 bits per heavy atom. The molecule has 0 saturated heterocycles. The molecule has 1 aromatic carbocycles. The van der Waals surface area contributed by atoms with E-state index in [-0.39, 0.29) is 28.4 Å². The quantitative estimate of drug-likeness (QED) is 0.314. The summed E-state index contributed by atoms with van der Waals surface area (Å²) in [6.45, 7) is 1.39. The number of fused-ring (bicyclic) bond motifs is 1. The van der Waals surface area contributed by atoms with Gasteiger partial charge in [0.05, 0.1) is 19.4 Å². The first kappa shape index (κ1) is 22.7. The number of nitrogens with zero attached hydrogens (tertiary/aromatic N) is 4. The zero-order valence-electron chi connectivity index (χ0n) is 17.8. The maximum atomic E-state index is 12.7. The lowest BCUT2D eigenvalue weighted by molar-refractivity contribution is -0.154. The number of aliphatic hydroxyl groups is 1. The number of hydrogen-bond acceptors (Lipinski definition) is 9. The molecule has 0 aliphatic rings. The topological polar surface area (TPSA) is 146 Å². The zero-order chi connectivity index (χ0) is 23.6. The normalized spacial score (nSPS) is 13.6. The summed E-state index contributed by atoms with van der Waals surface area (Å²) in [4.78, 5) is 45.5. The first-order valence-electron chi connectivity index (χ1n) is 9.50. The molecule has 0 saturated carbocycles. The van der Waals surface area contributed by atoms with Gasteiger partial charge in [-0.3, -0.25) is 13.9 Å². The number of aromatic nitrogens is 4. The first-order chi connectivity index (χ1) is 15.1. The number of rotatable bonds is 6. The molecule has 2 N–H and O–H groups in total. The van der Waals surface area contributed by atoms with Crippen LogP contribution in [0.1, 0.15) is 24.3 Å². The Kier molecular flexibility index (Phi) is 6.40. The molecule has 0 aliphatic heterocycles. The third-order valence-electron chi connectivity index (χ3n) is 4.75. The second-order valence-electron chi connectivity index (χ2n) is 7.04. The van der Waals surface area contributed by atoms with Gasteiger partial charge in [0.1, 0.15) is 11.4 Å². The highest BCUT2D eigenvalue weighted by molar-refractivity contribution is 5.91. The number of aliphatic hydroxyl groups excluding tert-OH is 1. The summed E-state index contributed by atoms with van der Waals surface area (Å²) in [7, 11) is 4.04. The summed E-state index contributed by atoms with van der Waals surface area (Å²) < 4.78 is 12.6. The zero-order valence-corrected chi connectivity index (χ0v) is 17.8. The number of aryl methyl sites for hydroxylation is 1. The van der Waals surface area contributed by atoms with Crippen LogP contribution in [-0.2, 0) is 28.4 Å². The lowest BCUT2D eigenvalue weighted by Crippen LogP contribution is -2.38. The minimum atomic E-state index is -1.26. The molecule has 11 nitrogen and oxygen atoms in total. The predicted molar refractivity (Wildman–Crippen MR) is 114 cm³/mol. The number of aromatic hydroxyl groups is 1. The fourth-order valence-electron chi connectivity index (χ4n) is 2.99. The number of benzene rings is 1. The Balaban J connectivity index is 1.98. The number of phenolic OH excluding ortho intramolecular Hbond substituents is 1. The van der Waals surface area contributed by atoms with Crippen LogP contribution in [-0.4, -0.2) is 48.5 Å². The van der Waals surface area contributed by atoms with Gasteiger partial charge < -0.3 is 19.7 Å². The molecule has 2 aromatic heterocycles. The van der Waals surface area contributed by atoms with Crippen molar-refractivity contribution in [3.8, 4) is 5.75 Å². The molecule has 2 heterocycles. The minimum Gasteiger partial charge on any atom is -0.508 e. The Morgan fingerprint density at radius 1 is 1.16 bits per heavy atom. The van der Waals surface area contributed by atoms with Gasteiger partial charge in [0.2, 0.25) is 5.76 Å². The van der Waals surface area contributed by atoms with E-state index < -0.39 is 29.4 Å². The van der Waals surface area contributed by atoms with Crippen molar-refractivity contribution in [1.29, 1.82) is 0 Å². The van der Waals surface area contributed by atoms with Gasteiger partial charge in [0.15, 0.2) is 17.3 Å². The third-order valence-corrected chi connectivity index (χ3v) is 4.75. The summed E-state index contributed by atoms with van der Waals surface area (Å²) in [6.07, 6.45) is 0.161. The number of carbonyl (C=O) groups is 1. The van der Waals surface area contributed by atoms with Crippen molar-refractivity contribution in [2.45, 2.75) is 19.1 Å². The van der Waals surface area contributed by atoms with Crippen LogP contribution in [0, 0.1) is 0 Å². The lowest BCUT2D eigenvalue weighted by Gasteiger charge is -2.20. The summed E-state index contributed by atoms with van der Waals surface area (Å²) >= 11 is 0. The van der Waals surface area contributed by atoms with Crippen LogP contribution in [0.3, 0.4) is 0 Å². The van der Waals surface area contributed by atoms with Crippen LogP contribution in [0.5, 0.6) is 5.75 Å². The SMILES string of the molecule is CO/C(=C\c1ccc(O)cc1)C(=O)O[C@@H](c1cnc2c(n1)c(=O)n(C)c(=O)n2C)[C@H](C)O. The molecular formula is C21H22N4O7. The van der Waals surface area contributed by atoms with Gasteiger partial charge in [-0.25, -0.2) is 19.6 Å². The molecule has 32 heavy (non-hydrogen) atoms. The van der Waals surface area contributed by atoms with Crippen molar-refractivity contribution in [1.82, 2.24) is 19.1 Å². The average molecular weight is 442 g/mol. The fraction of sp³-hybridized carbons (Fsp3) is 0.286. The van der Waals surface area contributed by atoms with Crippen molar-refractivity contribution < 1.29 is 24.5 Å². The summed E-state index contributed by atoms with van der Waals surface area (Å²) in [6, 6.07) is 6.04. The average Bonchev–Trinajstić information content (AvgIpc) is 2.78. The van der Waals surface area contributed by atoms with E-state index in [2.05, 4.69) is 9.97 Å². The molecule has 3 aromatic rings. The van der Waals surface area contributed by atoms with Gasteiger partial charge >= 0.3 is 11.7 Å². The largest absolute Gasteiger partial charge is 0.508 e. The molecular weight excluding hydrogens is 420 g/mol. The molecule has 3 rings (SSSR count). The highest BCUT2D eigenvalue weighted by Gasteiger charge is 2.27.